The van der Waals surface area contributed by atoms with Crippen LogP contribution >= 0.6 is 0 Å². The van der Waals surface area contributed by atoms with Crippen molar-refractivity contribution in [2.75, 3.05) is 32.0 Å². The molecule has 0 radical (unpaired) electrons. The Kier molecular flexibility index (Phi) is 3.76. The highest BCUT2D eigenvalue weighted by Crippen LogP contribution is 2.14. The number of nitrogens with one attached hydrogen (secondary N) is 2. The Labute approximate surface area is 105 Å². The lowest BCUT2D eigenvalue weighted by Gasteiger charge is -2.20. The van der Waals surface area contributed by atoms with E-state index in [0.29, 0.717) is 24.5 Å². The molecule has 6 nitrogen and oxygen atoms in total. The van der Waals surface area contributed by atoms with E-state index in [9.17, 15) is 9.59 Å². The Morgan fingerprint density at radius 2 is 2.39 bits per heavy atom. The fraction of sp³-hybridized carbons (Fsp3) is 0.417. The zero-order chi connectivity index (χ0) is 13.0. The molecular formula is C12H16N4O2. The summed E-state index contributed by atoms with van der Waals surface area (Å²) in [5.41, 5.74) is 0.495. The van der Waals surface area contributed by atoms with Crippen molar-refractivity contribution in [2.24, 2.45) is 0 Å². The maximum atomic E-state index is 12.3. The first-order valence-electron chi connectivity index (χ1n) is 5.91. The van der Waals surface area contributed by atoms with Gasteiger partial charge in [-0.2, -0.15) is 0 Å². The zero-order valence-electron chi connectivity index (χ0n) is 10.3. The molecule has 0 aromatic carbocycles. The number of anilines is 1. The molecule has 1 saturated heterocycles. The molecule has 0 spiro atoms. The van der Waals surface area contributed by atoms with E-state index in [1.807, 2.05) is 0 Å². The summed E-state index contributed by atoms with van der Waals surface area (Å²) in [6, 6.07) is 3.43. The van der Waals surface area contributed by atoms with Crippen LogP contribution in [0.4, 0.5) is 5.82 Å². The Hall–Kier alpha value is -2.11. The maximum Gasteiger partial charge on any atom is 0.258 e. The summed E-state index contributed by atoms with van der Waals surface area (Å²) in [5, 5.41) is 5.63. The van der Waals surface area contributed by atoms with E-state index < -0.39 is 0 Å². The molecule has 2 N–H and O–H groups in total. The first kappa shape index (κ1) is 12.3. The number of pyridine rings is 1. The van der Waals surface area contributed by atoms with Gasteiger partial charge in [0.05, 0.1) is 12.1 Å². The van der Waals surface area contributed by atoms with Gasteiger partial charge in [0.1, 0.15) is 5.82 Å². The van der Waals surface area contributed by atoms with E-state index in [4.69, 9.17) is 0 Å². The molecule has 1 aromatic heterocycles. The van der Waals surface area contributed by atoms with Gasteiger partial charge in [0.25, 0.3) is 5.91 Å². The lowest BCUT2D eigenvalue weighted by atomic mass is 10.2. The summed E-state index contributed by atoms with van der Waals surface area (Å²) >= 11 is 0. The molecule has 1 aromatic rings. The highest BCUT2D eigenvalue weighted by molar-refractivity contribution is 6.00. The zero-order valence-corrected chi connectivity index (χ0v) is 10.3. The third kappa shape index (κ3) is 2.58. The molecule has 6 heteroatoms. The number of nitrogens with zero attached hydrogens (tertiary/aromatic N) is 2. The van der Waals surface area contributed by atoms with Gasteiger partial charge >= 0.3 is 0 Å². The summed E-state index contributed by atoms with van der Waals surface area (Å²) in [4.78, 5) is 29.4. The van der Waals surface area contributed by atoms with Crippen molar-refractivity contribution in [2.45, 2.75) is 6.42 Å². The number of hydrogen-bond donors (Lipinski definition) is 2. The second-order valence-corrected chi connectivity index (χ2v) is 4.08. The van der Waals surface area contributed by atoms with Gasteiger partial charge in [-0.3, -0.25) is 9.59 Å². The molecule has 2 heterocycles. The lowest BCUT2D eigenvalue weighted by molar-refractivity contribution is -0.121. The summed E-state index contributed by atoms with van der Waals surface area (Å²) in [6.07, 6.45) is 2.39. The van der Waals surface area contributed by atoms with Gasteiger partial charge in [0, 0.05) is 26.3 Å². The number of hydrogen-bond acceptors (Lipinski definition) is 4. The lowest BCUT2D eigenvalue weighted by Crippen LogP contribution is -2.37. The van der Waals surface area contributed by atoms with Gasteiger partial charge in [-0.05, 0) is 18.6 Å². The standard InChI is InChI=1S/C12H16N4O2/c1-13-11-9(4-2-5-15-11)12(18)16-7-3-6-14-10(17)8-16/h2,4-5H,3,6-8H2,1H3,(H,13,15)(H,14,17). The Balaban J connectivity index is 2.21. The average Bonchev–Trinajstić information content (AvgIpc) is 2.62. The Morgan fingerprint density at radius 3 is 3.17 bits per heavy atom. The van der Waals surface area contributed by atoms with Crippen LogP contribution in [0.1, 0.15) is 16.8 Å². The van der Waals surface area contributed by atoms with Crippen molar-refractivity contribution < 1.29 is 9.59 Å². The first-order valence-corrected chi connectivity index (χ1v) is 5.91. The third-order valence-electron chi connectivity index (χ3n) is 2.82. The molecule has 0 atom stereocenters. The predicted molar refractivity (Wildman–Crippen MR) is 67.3 cm³/mol. The molecule has 1 fully saturated rings. The summed E-state index contributed by atoms with van der Waals surface area (Å²) in [5.74, 6) is 0.257. The van der Waals surface area contributed by atoms with Crippen LogP contribution in [-0.2, 0) is 4.79 Å². The number of carbonyl (C=O) groups is 2. The highest BCUT2D eigenvalue weighted by Gasteiger charge is 2.22. The maximum absolute atomic E-state index is 12.3. The fourth-order valence-electron chi connectivity index (χ4n) is 1.93. The van der Waals surface area contributed by atoms with Crippen molar-refractivity contribution in [1.29, 1.82) is 0 Å². The van der Waals surface area contributed by atoms with E-state index in [1.54, 1.807) is 30.3 Å². The second kappa shape index (κ2) is 5.48. The summed E-state index contributed by atoms with van der Waals surface area (Å²) < 4.78 is 0. The molecule has 0 saturated carbocycles. The third-order valence-corrected chi connectivity index (χ3v) is 2.82. The van der Waals surface area contributed by atoms with Crippen LogP contribution in [0.3, 0.4) is 0 Å². The molecule has 2 amide bonds. The molecule has 1 aliphatic rings. The monoisotopic (exact) mass is 248 g/mol. The SMILES string of the molecule is CNc1ncccc1C(=O)N1CCCNC(=O)C1. The average molecular weight is 248 g/mol. The molecule has 0 unspecified atom stereocenters. The summed E-state index contributed by atoms with van der Waals surface area (Å²) in [6.45, 7) is 1.31. The van der Waals surface area contributed by atoms with E-state index >= 15 is 0 Å². The van der Waals surface area contributed by atoms with Crippen LogP contribution in [0.5, 0.6) is 0 Å². The van der Waals surface area contributed by atoms with Crippen LogP contribution in [0.25, 0.3) is 0 Å². The second-order valence-electron chi connectivity index (χ2n) is 4.08. The molecule has 0 aliphatic carbocycles. The highest BCUT2D eigenvalue weighted by atomic mass is 16.2. The molecule has 96 valence electrons. The topological polar surface area (TPSA) is 74.3 Å². The molecule has 1 aliphatic heterocycles. The minimum absolute atomic E-state index is 0.108. The normalized spacial score (nSPS) is 15.8. The van der Waals surface area contributed by atoms with E-state index in [-0.39, 0.29) is 18.4 Å². The molecular weight excluding hydrogens is 232 g/mol. The van der Waals surface area contributed by atoms with Gasteiger partial charge in [-0.1, -0.05) is 0 Å². The molecule has 18 heavy (non-hydrogen) atoms. The van der Waals surface area contributed by atoms with Crippen LogP contribution in [0.15, 0.2) is 18.3 Å². The Bertz CT molecular complexity index is 461. The van der Waals surface area contributed by atoms with Crippen LogP contribution < -0.4 is 10.6 Å². The van der Waals surface area contributed by atoms with Crippen molar-refractivity contribution in [3.8, 4) is 0 Å². The fourth-order valence-corrected chi connectivity index (χ4v) is 1.93. The minimum Gasteiger partial charge on any atom is -0.372 e. The van der Waals surface area contributed by atoms with Crippen molar-refractivity contribution in [3.05, 3.63) is 23.9 Å². The largest absolute Gasteiger partial charge is 0.372 e. The summed E-state index contributed by atoms with van der Waals surface area (Å²) in [7, 11) is 1.72. The number of carbonyl (C=O) groups excluding carboxylic acids is 2. The van der Waals surface area contributed by atoms with Crippen LogP contribution in [-0.4, -0.2) is 48.4 Å². The van der Waals surface area contributed by atoms with Gasteiger partial charge in [0.15, 0.2) is 0 Å². The predicted octanol–water partition coefficient (Wildman–Crippen LogP) is 0.0854. The van der Waals surface area contributed by atoms with Gasteiger partial charge in [-0.25, -0.2) is 4.98 Å². The van der Waals surface area contributed by atoms with Crippen molar-refractivity contribution >= 4 is 17.6 Å². The molecule has 2 rings (SSSR count). The van der Waals surface area contributed by atoms with Crippen molar-refractivity contribution in [3.63, 3.8) is 0 Å². The van der Waals surface area contributed by atoms with E-state index in [2.05, 4.69) is 15.6 Å². The number of rotatable bonds is 2. The van der Waals surface area contributed by atoms with Gasteiger partial charge < -0.3 is 15.5 Å². The minimum atomic E-state index is -0.162. The van der Waals surface area contributed by atoms with Crippen LogP contribution in [0, 0.1) is 0 Å². The quantitative estimate of drug-likeness (QED) is 0.777. The van der Waals surface area contributed by atoms with Crippen LogP contribution in [0.2, 0.25) is 0 Å². The van der Waals surface area contributed by atoms with Gasteiger partial charge in [-0.15, -0.1) is 0 Å². The van der Waals surface area contributed by atoms with E-state index in [1.165, 1.54) is 0 Å². The smallest absolute Gasteiger partial charge is 0.258 e. The number of aromatic nitrogens is 1. The van der Waals surface area contributed by atoms with Crippen molar-refractivity contribution in [1.82, 2.24) is 15.2 Å². The van der Waals surface area contributed by atoms with E-state index in [0.717, 1.165) is 6.42 Å². The number of amides is 2. The molecule has 0 bridgehead atoms. The van der Waals surface area contributed by atoms with Gasteiger partial charge in [0.2, 0.25) is 5.91 Å². The first-order chi connectivity index (χ1) is 8.72. The Morgan fingerprint density at radius 1 is 1.56 bits per heavy atom.